The van der Waals surface area contributed by atoms with E-state index in [0.29, 0.717) is 24.4 Å². The molecule has 1 aliphatic rings. The fourth-order valence-corrected chi connectivity index (χ4v) is 2.78. The molecule has 3 nitrogen and oxygen atoms in total. The predicted molar refractivity (Wildman–Crippen MR) is 71.7 cm³/mol. The number of carbonyl (C=O) groups is 1. The van der Waals surface area contributed by atoms with Crippen LogP contribution in [-0.4, -0.2) is 18.0 Å². The fraction of sp³-hybridized carbons (Fsp3) is 0.929. The van der Waals surface area contributed by atoms with E-state index in [1.54, 1.807) is 0 Å². The first-order chi connectivity index (χ1) is 8.11. The van der Waals surface area contributed by atoms with Gasteiger partial charge in [0, 0.05) is 18.5 Å². The normalized spacial score (nSPS) is 26.5. The van der Waals surface area contributed by atoms with E-state index in [1.165, 1.54) is 12.8 Å². The zero-order valence-electron chi connectivity index (χ0n) is 11.4. The quantitative estimate of drug-likeness (QED) is 0.750. The standard InChI is InChI=1S/C14H28N2O/c1-3-5-11(2)16-14(17)9-8-12-6-4-7-13(15)10-12/h11-13H,3-10,15H2,1-2H3,(H,16,17). The van der Waals surface area contributed by atoms with Crippen LogP contribution in [-0.2, 0) is 4.79 Å². The lowest BCUT2D eigenvalue weighted by molar-refractivity contribution is -0.122. The smallest absolute Gasteiger partial charge is 0.220 e. The molecule has 3 atom stereocenters. The average molecular weight is 240 g/mol. The summed E-state index contributed by atoms with van der Waals surface area (Å²) in [5, 5.41) is 3.06. The van der Waals surface area contributed by atoms with Gasteiger partial charge in [0.15, 0.2) is 0 Å². The number of nitrogens with two attached hydrogens (primary N) is 1. The van der Waals surface area contributed by atoms with Crippen LogP contribution in [0, 0.1) is 5.92 Å². The van der Waals surface area contributed by atoms with Gasteiger partial charge < -0.3 is 11.1 Å². The van der Waals surface area contributed by atoms with Crippen molar-refractivity contribution >= 4 is 5.91 Å². The van der Waals surface area contributed by atoms with Crippen LogP contribution < -0.4 is 11.1 Å². The molecule has 0 aromatic heterocycles. The molecule has 1 rings (SSSR count). The van der Waals surface area contributed by atoms with E-state index in [1.807, 2.05) is 0 Å². The Hall–Kier alpha value is -0.570. The highest BCUT2D eigenvalue weighted by atomic mass is 16.1. The van der Waals surface area contributed by atoms with Crippen molar-refractivity contribution in [3.63, 3.8) is 0 Å². The summed E-state index contributed by atoms with van der Waals surface area (Å²) in [6.45, 7) is 4.23. The van der Waals surface area contributed by atoms with Crippen LogP contribution in [0.25, 0.3) is 0 Å². The van der Waals surface area contributed by atoms with Crippen LogP contribution in [0.15, 0.2) is 0 Å². The molecule has 3 N–H and O–H groups in total. The van der Waals surface area contributed by atoms with Crippen LogP contribution in [0.5, 0.6) is 0 Å². The lowest BCUT2D eigenvalue weighted by atomic mass is 9.83. The van der Waals surface area contributed by atoms with E-state index in [4.69, 9.17) is 5.73 Å². The van der Waals surface area contributed by atoms with Gasteiger partial charge >= 0.3 is 0 Å². The summed E-state index contributed by atoms with van der Waals surface area (Å²) < 4.78 is 0. The number of rotatable bonds is 6. The summed E-state index contributed by atoms with van der Waals surface area (Å²) in [5.41, 5.74) is 5.95. The number of nitrogens with one attached hydrogen (secondary N) is 1. The van der Waals surface area contributed by atoms with Gasteiger partial charge in [0.2, 0.25) is 5.91 Å². The first-order valence-electron chi connectivity index (χ1n) is 7.16. The molecule has 0 spiro atoms. The molecule has 100 valence electrons. The Bertz CT molecular complexity index is 230. The highest BCUT2D eigenvalue weighted by Crippen LogP contribution is 2.26. The number of amides is 1. The van der Waals surface area contributed by atoms with E-state index in [9.17, 15) is 4.79 Å². The summed E-state index contributed by atoms with van der Waals surface area (Å²) in [6, 6.07) is 0.692. The van der Waals surface area contributed by atoms with Crippen LogP contribution in [0.4, 0.5) is 0 Å². The maximum atomic E-state index is 11.7. The SMILES string of the molecule is CCCC(C)NC(=O)CCC1CCCC(N)C1. The molecule has 0 aromatic rings. The van der Waals surface area contributed by atoms with E-state index >= 15 is 0 Å². The Balaban J connectivity index is 2.14. The van der Waals surface area contributed by atoms with Crippen molar-refractivity contribution in [1.29, 1.82) is 0 Å². The summed E-state index contributed by atoms with van der Waals surface area (Å²) in [4.78, 5) is 11.7. The first kappa shape index (κ1) is 14.5. The molecule has 3 heteroatoms. The van der Waals surface area contributed by atoms with E-state index in [-0.39, 0.29) is 5.91 Å². The Labute approximate surface area is 106 Å². The van der Waals surface area contributed by atoms with Gasteiger partial charge in [-0.05, 0) is 38.5 Å². The molecule has 1 fully saturated rings. The second-order valence-corrected chi connectivity index (χ2v) is 5.59. The molecule has 1 amide bonds. The zero-order valence-corrected chi connectivity index (χ0v) is 11.4. The van der Waals surface area contributed by atoms with E-state index in [0.717, 1.165) is 32.1 Å². The van der Waals surface area contributed by atoms with Crippen LogP contribution in [0.3, 0.4) is 0 Å². The van der Waals surface area contributed by atoms with Gasteiger partial charge in [0.25, 0.3) is 0 Å². The second-order valence-electron chi connectivity index (χ2n) is 5.59. The van der Waals surface area contributed by atoms with Crippen LogP contribution >= 0.6 is 0 Å². The molecule has 0 radical (unpaired) electrons. The molecular weight excluding hydrogens is 212 g/mol. The topological polar surface area (TPSA) is 55.1 Å². The van der Waals surface area contributed by atoms with E-state index in [2.05, 4.69) is 19.2 Å². The molecule has 1 saturated carbocycles. The van der Waals surface area contributed by atoms with Crippen molar-refractivity contribution in [2.75, 3.05) is 0 Å². The third-order valence-corrected chi connectivity index (χ3v) is 3.73. The van der Waals surface area contributed by atoms with Gasteiger partial charge in [0.05, 0.1) is 0 Å². The van der Waals surface area contributed by atoms with Gasteiger partial charge in [0.1, 0.15) is 0 Å². The minimum Gasteiger partial charge on any atom is -0.354 e. The monoisotopic (exact) mass is 240 g/mol. The van der Waals surface area contributed by atoms with Crippen LogP contribution in [0.2, 0.25) is 0 Å². The number of hydrogen-bond donors (Lipinski definition) is 2. The van der Waals surface area contributed by atoms with Crippen molar-refractivity contribution in [1.82, 2.24) is 5.32 Å². The molecule has 3 unspecified atom stereocenters. The van der Waals surface area contributed by atoms with Crippen molar-refractivity contribution in [2.45, 2.75) is 77.3 Å². The largest absolute Gasteiger partial charge is 0.354 e. The molecule has 0 bridgehead atoms. The molecule has 0 aromatic carbocycles. The molecular formula is C14H28N2O. The van der Waals surface area contributed by atoms with Crippen LogP contribution in [0.1, 0.15) is 65.2 Å². The predicted octanol–water partition coefficient (Wildman–Crippen LogP) is 2.59. The van der Waals surface area contributed by atoms with Crippen molar-refractivity contribution < 1.29 is 4.79 Å². The van der Waals surface area contributed by atoms with E-state index < -0.39 is 0 Å². The van der Waals surface area contributed by atoms with Crippen molar-refractivity contribution in [3.05, 3.63) is 0 Å². The van der Waals surface area contributed by atoms with Gasteiger partial charge in [-0.2, -0.15) is 0 Å². The highest BCUT2D eigenvalue weighted by molar-refractivity contribution is 5.76. The average Bonchev–Trinajstić information content (AvgIpc) is 2.27. The Morgan fingerprint density at radius 3 is 2.88 bits per heavy atom. The van der Waals surface area contributed by atoms with Gasteiger partial charge in [-0.3, -0.25) is 4.79 Å². The third-order valence-electron chi connectivity index (χ3n) is 3.73. The Morgan fingerprint density at radius 1 is 1.47 bits per heavy atom. The van der Waals surface area contributed by atoms with Crippen molar-refractivity contribution in [2.24, 2.45) is 11.7 Å². The lowest BCUT2D eigenvalue weighted by Crippen LogP contribution is -2.33. The minimum atomic E-state index is 0.213. The molecule has 1 aliphatic carbocycles. The third kappa shape index (κ3) is 6.06. The first-order valence-corrected chi connectivity index (χ1v) is 7.16. The second kappa shape index (κ2) is 7.70. The van der Waals surface area contributed by atoms with Crippen molar-refractivity contribution in [3.8, 4) is 0 Å². The summed E-state index contributed by atoms with van der Waals surface area (Å²) in [5.74, 6) is 0.885. The van der Waals surface area contributed by atoms with Gasteiger partial charge in [-0.25, -0.2) is 0 Å². The number of carbonyl (C=O) groups excluding carboxylic acids is 1. The molecule has 0 saturated heterocycles. The van der Waals surface area contributed by atoms with Gasteiger partial charge in [-0.1, -0.05) is 26.2 Å². The maximum Gasteiger partial charge on any atom is 0.220 e. The Morgan fingerprint density at radius 2 is 2.24 bits per heavy atom. The fourth-order valence-electron chi connectivity index (χ4n) is 2.78. The highest BCUT2D eigenvalue weighted by Gasteiger charge is 2.19. The maximum absolute atomic E-state index is 11.7. The number of hydrogen-bond acceptors (Lipinski definition) is 2. The Kier molecular flexibility index (Phi) is 6.56. The minimum absolute atomic E-state index is 0.213. The molecule has 0 aliphatic heterocycles. The molecule has 17 heavy (non-hydrogen) atoms. The summed E-state index contributed by atoms with van der Waals surface area (Å²) in [6.07, 6.45) is 8.64. The summed E-state index contributed by atoms with van der Waals surface area (Å²) in [7, 11) is 0. The zero-order chi connectivity index (χ0) is 12.7. The summed E-state index contributed by atoms with van der Waals surface area (Å²) >= 11 is 0. The molecule has 0 heterocycles. The van der Waals surface area contributed by atoms with Gasteiger partial charge in [-0.15, -0.1) is 0 Å². The lowest BCUT2D eigenvalue weighted by Gasteiger charge is -2.26.